The van der Waals surface area contributed by atoms with E-state index in [9.17, 15) is 26.4 Å². The van der Waals surface area contributed by atoms with Crippen molar-refractivity contribution in [3.05, 3.63) is 23.2 Å². The summed E-state index contributed by atoms with van der Waals surface area (Å²) in [6.45, 7) is -1.79. The molecular formula is C9H8ClF3N2O4S. The minimum Gasteiger partial charge on any atom is -0.440 e. The highest BCUT2D eigenvalue weighted by Gasteiger charge is 2.29. The number of hydrogen-bond acceptors (Lipinski definition) is 4. The number of alkyl halides is 3. The fraction of sp³-hybridized carbons (Fsp3) is 0.222. The highest BCUT2D eigenvalue weighted by atomic mass is 35.5. The summed E-state index contributed by atoms with van der Waals surface area (Å²) in [7, 11) is -4.04. The van der Waals surface area contributed by atoms with E-state index in [0.29, 0.717) is 0 Å². The van der Waals surface area contributed by atoms with E-state index in [1.807, 2.05) is 5.32 Å². The first-order valence-corrected chi connectivity index (χ1v) is 6.74. The van der Waals surface area contributed by atoms with Crippen LogP contribution in [-0.2, 0) is 14.8 Å². The third-order valence-electron chi connectivity index (χ3n) is 1.87. The van der Waals surface area contributed by atoms with E-state index >= 15 is 0 Å². The number of nitrogens with two attached hydrogens (primary N) is 1. The average molecular weight is 333 g/mol. The second kappa shape index (κ2) is 5.85. The molecule has 0 radical (unpaired) electrons. The van der Waals surface area contributed by atoms with E-state index in [-0.39, 0.29) is 15.6 Å². The Morgan fingerprint density at radius 3 is 2.50 bits per heavy atom. The zero-order chi connectivity index (χ0) is 15.6. The number of anilines is 1. The molecule has 0 spiro atoms. The number of carbonyl (C=O) groups is 1. The molecule has 11 heteroatoms. The fourth-order valence-corrected chi connectivity index (χ4v) is 1.78. The predicted octanol–water partition coefficient (Wildman–Crippen LogP) is 2.10. The molecule has 0 fully saturated rings. The molecule has 0 saturated heterocycles. The van der Waals surface area contributed by atoms with E-state index in [1.54, 1.807) is 0 Å². The van der Waals surface area contributed by atoms with Gasteiger partial charge >= 0.3 is 12.3 Å². The number of amides is 1. The number of sulfonamides is 1. The van der Waals surface area contributed by atoms with Crippen molar-refractivity contribution >= 4 is 33.4 Å². The quantitative estimate of drug-likeness (QED) is 0.885. The summed E-state index contributed by atoms with van der Waals surface area (Å²) in [6.07, 6.45) is -6.11. The third kappa shape index (κ3) is 5.23. The average Bonchev–Trinajstić information content (AvgIpc) is 2.27. The van der Waals surface area contributed by atoms with Crippen molar-refractivity contribution in [2.24, 2.45) is 5.14 Å². The molecule has 1 aromatic rings. The second-order valence-electron chi connectivity index (χ2n) is 3.50. The van der Waals surface area contributed by atoms with Crippen LogP contribution in [0.25, 0.3) is 0 Å². The van der Waals surface area contributed by atoms with E-state index in [2.05, 4.69) is 4.74 Å². The van der Waals surface area contributed by atoms with Gasteiger partial charge in [0.05, 0.1) is 15.6 Å². The van der Waals surface area contributed by atoms with Crippen LogP contribution in [0.4, 0.5) is 23.7 Å². The number of nitrogens with one attached hydrogen (secondary N) is 1. The first kappa shape index (κ1) is 16.5. The maximum Gasteiger partial charge on any atom is 0.422 e. The summed E-state index contributed by atoms with van der Waals surface area (Å²) >= 11 is 5.65. The van der Waals surface area contributed by atoms with Gasteiger partial charge in [-0.05, 0) is 18.2 Å². The molecule has 0 atom stereocenters. The molecule has 0 bridgehead atoms. The monoisotopic (exact) mass is 332 g/mol. The Labute approximate surface area is 116 Å². The van der Waals surface area contributed by atoms with Crippen molar-refractivity contribution in [3.63, 3.8) is 0 Å². The van der Waals surface area contributed by atoms with Gasteiger partial charge in [0.1, 0.15) is 0 Å². The minimum absolute atomic E-state index is 0.0960. The number of carbonyl (C=O) groups excluding carboxylic acids is 1. The molecule has 3 N–H and O–H groups in total. The van der Waals surface area contributed by atoms with Gasteiger partial charge in [0.25, 0.3) is 0 Å². The van der Waals surface area contributed by atoms with Gasteiger partial charge in [0.15, 0.2) is 6.61 Å². The number of hydrogen-bond donors (Lipinski definition) is 2. The second-order valence-corrected chi connectivity index (χ2v) is 5.47. The van der Waals surface area contributed by atoms with Crippen molar-refractivity contribution < 1.29 is 31.1 Å². The van der Waals surface area contributed by atoms with Crippen molar-refractivity contribution in [2.75, 3.05) is 11.9 Å². The Kier molecular flexibility index (Phi) is 4.84. The number of benzene rings is 1. The molecule has 6 nitrogen and oxygen atoms in total. The standard InChI is InChI=1S/C9H8ClF3N2O4S/c10-6-2-1-5(20(14,17)18)3-7(6)15-8(16)19-4-9(11,12)13/h1-3H,4H2,(H,15,16)(H2,14,17,18). The maximum absolute atomic E-state index is 11.8. The molecule has 1 aromatic carbocycles. The van der Waals surface area contributed by atoms with Crippen LogP contribution in [0.1, 0.15) is 0 Å². The van der Waals surface area contributed by atoms with Crippen LogP contribution in [0.2, 0.25) is 5.02 Å². The van der Waals surface area contributed by atoms with Crippen molar-refractivity contribution in [3.8, 4) is 0 Å². The molecule has 0 aliphatic rings. The van der Waals surface area contributed by atoms with Crippen LogP contribution >= 0.6 is 11.6 Å². The molecule has 0 saturated carbocycles. The summed E-state index contributed by atoms with van der Waals surface area (Å²) in [6, 6.07) is 3.08. The van der Waals surface area contributed by atoms with Gasteiger partial charge in [0.2, 0.25) is 10.0 Å². The zero-order valence-electron chi connectivity index (χ0n) is 9.57. The molecule has 0 unspecified atom stereocenters. The zero-order valence-corrected chi connectivity index (χ0v) is 11.1. The van der Waals surface area contributed by atoms with Crippen LogP contribution in [0.5, 0.6) is 0 Å². The SMILES string of the molecule is NS(=O)(=O)c1ccc(Cl)c(NC(=O)OCC(F)(F)F)c1. The molecular weight excluding hydrogens is 325 g/mol. The van der Waals surface area contributed by atoms with E-state index in [0.717, 1.165) is 18.2 Å². The molecule has 0 heterocycles. The Morgan fingerprint density at radius 1 is 1.40 bits per heavy atom. The minimum atomic E-state index is -4.68. The van der Waals surface area contributed by atoms with Crippen LogP contribution in [0.15, 0.2) is 23.1 Å². The van der Waals surface area contributed by atoms with Gasteiger partial charge in [-0.15, -0.1) is 0 Å². The molecule has 1 amide bonds. The molecule has 0 aromatic heterocycles. The van der Waals surface area contributed by atoms with Gasteiger partial charge in [-0.2, -0.15) is 13.2 Å². The topological polar surface area (TPSA) is 98.5 Å². The molecule has 0 aliphatic carbocycles. The van der Waals surface area contributed by atoms with Crippen LogP contribution < -0.4 is 10.5 Å². The van der Waals surface area contributed by atoms with Gasteiger partial charge < -0.3 is 4.74 Å². The van der Waals surface area contributed by atoms with E-state index in [1.165, 1.54) is 0 Å². The first-order valence-electron chi connectivity index (χ1n) is 4.82. The molecule has 0 aliphatic heterocycles. The lowest BCUT2D eigenvalue weighted by atomic mass is 10.3. The number of rotatable bonds is 3. The normalized spacial score (nSPS) is 12.1. The smallest absolute Gasteiger partial charge is 0.422 e. The van der Waals surface area contributed by atoms with Crippen molar-refractivity contribution in [1.29, 1.82) is 0 Å². The van der Waals surface area contributed by atoms with E-state index < -0.39 is 28.9 Å². The summed E-state index contributed by atoms with van der Waals surface area (Å²) < 4.78 is 61.5. The van der Waals surface area contributed by atoms with Gasteiger partial charge in [-0.1, -0.05) is 11.6 Å². The van der Waals surface area contributed by atoms with E-state index in [4.69, 9.17) is 16.7 Å². The highest BCUT2D eigenvalue weighted by Crippen LogP contribution is 2.25. The summed E-state index contributed by atoms with van der Waals surface area (Å²) in [5.74, 6) is 0. The number of ether oxygens (including phenoxy) is 1. The highest BCUT2D eigenvalue weighted by molar-refractivity contribution is 7.89. The molecule has 112 valence electrons. The summed E-state index contributed by atoms with van der Waals surface area (Å²) in [5, 5.41) is 6.64. The fourth-order valence-electron chi connectivity index (χ4n) is 1.07. The Hall–Kier alpha value is -1.52. The summed E-state index contributed by atoms with van der Waals surface area (Å²) in [5.41, 5.74) is -0.245. The first-order chi connectivity index (χ1) is 8.99. The molecule has 1 rings (SSSR count). The van der Waals surface area contributed by atoms with Crippen LogP contribution in [-0.4, -0.2) is 27.3 Å². The number of primary sulfonamides is 1. The Morgan fingerprint density at radius 2 is 2.00 bits per heavy atom. The van der Waals surface area contributed by atoms with Crippen LogP contribution in [0.3, 0.4) is 0 Å². The largest absolute Gasteiger partial charge is 0.440 e. The van der Waals surface area contributed by atoms with Crippen LogP contribution in [0, 0.1) is 0 Å². The summed E-state index contributed by atoms with van der Waals surface area (Å²) in [4.78, 5) is 10.7. The lowest BCUT2D eigenvalue weighted by Crippen LogP contribution is -2.23. The molecule has 20 heavy (non-hydrogen) atoms. The lowest BCUT2D eigenvalue weighted by molar-refractivity contribution is -0.159. The lowest BCUT2D eigenvalue weighted by Gasteiger charge is -2.10. The maximum atomic E-state index is 11.8. The number of halogens is 4. The van der Waals surface area contributed by atoms with Gasteiger partial charge in [-0.25, -0.2) is 18.4 Å². The predicted molar refractivity (Wildman–Crippen MR) is 63.9 cm³/mol. The Balaban J connectivity index is 2.85. The van der Waals surface area contributed by atoms with Crippen molar-refractivity contribution in [1.82, 2.24) is 0 Å². The Bertz CT molecular complexity index is 618. The van der Waals surface area contributed by atoms with Crippen molar-refractivity contribution in [2.45, 2.75) is 11.1 Å². The van der Waals surface area contributed by atoms with Gasteiger partial charge in [0, 0.05) is 0 Å². The third-order valence-corrected chi connectivity index (χ3v) is 3.11. The van der Waals surface area contributed by atoms with Gasteiger partial charge in [-0.3, -0.25) is 5.32 Å².